The number of alkyl halides is 2. The third-order valence-corrected chi connectivity index (χ3v) is 7.74. The average molecular weight is 625 g/mol. The van der Waals surface area contributed by atoms with Gasteiger partial charge in [0.2, 0.25) is 0 Å². The van der Waals surface area contributed by atoms with Gasteiger partial charge in [-0.15, -0.1) is 0 Å². The molecular formula is C31H46F2N4O7. The number of likely N-dealkylation sites (tertiary alicyclic amines) is 1. The summed E-state index contributed by atoms with van der Waals surface area (Å²) in [5, 5.41) is 11.7. The number of hydrogen-bond donors (Lipinski definition) is 2. The number of hydrogen-bond acceptors (Lipinski definition) is 7. The van der Waals surface area contributed by atoms with Crippen molar-refractivity contribution in [2.75, 3.05) is 31.1 Å². The van der Waals surface area contributed by atoms with Crippen LogP contribution in [0.3, 0.4) is 0 Å². The van der Waals surface area contributed by atoms with Crippen molar-refractivity contribution in [3.8, 4) is 5.75 Å². The minimum Gasteiger partial charge on any atom is -0.476 e. The monoisotopic (exact) mass is 624 g/mol. The topological polar surface area (TPSA) is 129 Å². The Morgan fingerprint density at radius 3 is 2.43 bits per heavy atom. The number of nitrogens with one attached hydrogen (secondary N) is 1. The number of aliphatic hydroxyl groups excluding tert-OH is 1. The number of ether oxygens (including phenoxy) is 2. The van der Waals surface area contributed by atoms with Crippen molar-refractivity contribution in [1.29, 1.82) is 0 Å². The van der Waals surface area contributed by atoms with Crippen molar-refractivity contribution in [3.05, 3.63) is 23.3 Å². The molecule has 3 rings (SSSR count). The van der Waals surface area contributed by atoms with Gasteiger partial charge in [-0.1, -0.05) is 0 Å². The lowest BCUT2D eigenvalue weighted by molar-refractivity contribution is -0.133. The lowest BCUT2D eigenvalue weighted by Gasteiger charge is -2.45. The van der Waals surface area contributed by atoms with Crippen molar-refractivity contribution >= 4 is 29.5 Å². The number of amides is 4. The van der Waals surface area contributed by atoms with E-state index in [1.807, 2.05) is 13.8 Å². The van der Waals surface area contributed by atoms with Crippen LogP contribution in [0.4, 0.5) is 19.3 Å². The molecule has 2 atom stereocenters. The van der Waals surface area contributed by atoms with Crippen molar-refractivity contribution in [2.45, 2.75) is 110 Å². The van der Waals surface area contributed by atoms with Gasteiger partial charge in [-0.3, -0.25) is 14.4 Å². The van der Waals surface area contributed by atoms with E-state index in [1.54, 1.807) is 63.5 Å². The lowest BCUT2D eigenvalue weighted by Crippen LogP contribution is -2.57. The van der Waals surface area contributed by atoms with Crippen LogP contribution in [0.15, 0.2) is 12.1 Å². The molecule has 2 heterocycles. The Labute approximate surface area is 257 Å². The SMILES string of the molecule is Cc1cc2c(cc1C(=O)N(C(C)C)[C@@H]1CC[C@H](CCO)N(C(=O)OC(C)(C)C)C1)N(CCNC(=O)C(F)F)C(=O)C(C)(C)O2. The molecule has 4 amide bonds. The molecule has 246 valence electrons. The number of rotatable bonds is 9. The maximum absolute atomic E-state index is 14.3. The molecule has 0 radical (unpaired) electrons. The fourth-order valence-electron chi connectivity index (χ4n) is 5.73. The third kappa shape index (κ3) is 7.96. The van der Waals surface area contributed by atoms with Crippen molar-refractivity contribution in [3.63, 3.8) is 0 Å². The fraction of sp³-hybridized carbons (Fsp3) is 0.677. The summed E-state index contributed by atoms with van der Waals surface area (Å²) in [6.07, 6.45) is -2.13. The Morgan fingerprint density at radius 2 is 1.86 bits per heavy atom. The van der Waals surface area contributed by atoms with E-state index in [4.69, 9.17) is 9.47 Å². The highest BCUT2D eigenvalue weighted by Gasteiger charge is 2.43. The first-order valence-electron chi connectivity index (χ1n) is 15.0. The quantitative estimate of drug-likeness (QED) is 0.427. The summed E-state index contributed by atoms with van der Waals surface area (Å²) < 4.78 is 37.1. The molecule has 44 heavy (non-hydrogen) atoms. The Kier molecular flexibility index (Phi) is 10.9. The second-order valence-electron chi connectivity index (χ2n) is 13.1. The van der Waals surface area contributed by atoms with Crippen LogP contribution in [0.5, 0.6) is 5.75 Å². The minimum absolute atomic E-state index is 0.0876. The van der Waals surface area contributed by atoms with Gasteiger partial charge in [0.15, 0.2) is 5.60 Å². The summed E-state index contributed by atoms with van der Waals surface area (Å²) in [7, 11) is 0. The summed E-state index contributed by atoms with van der Waals surface area (Å²) in [6.45, 7) is 13.8. The number of aryl methyl sites for hydroxylation is 1. The molecule has 0 unspecified atom stereocenters. The molecule has 13 heteroatoms. The summed E-state index contributed by atoms with van der Waals surface area (Å²) in [4.78, 5) is 56.9. The molecule has 1 saturated heterocycles. The van der Waals surface area contributed by atoms with Crippen molar-refractivity contribution in [1.82, 2.24) is 15.1 Å². The molecule has 0 saturated carbocycles. The van der Waals surface area contributed by atoms with Gasteiger partial charge < -0.3 is 34.6 Å². The van der Waals surface area contributed by atoms with Gasteiger partial charge in [0.05, 0.1) is 11.7 Å². The normalized spacial score (nSPS) is 19.9. The summed E-state index contributed by atoms with van der Waals surface area (Å²) in [5.74, 6) is -1.85. The van der Waals surface area contributed by atoms with Crippen molar-refractivity contribution in [2.24, 2.45) is 0 Å². The molecule has 0 aliphatic carbocycles. The van der Waals surface area contributed by atoms with Crippen LogP contribution in [0, 0.1) is 6.92 Å². The van der Waals surface area contributed by atoms with Crippen LogP contribution >= 0.6 is 0 Å². The number of carbonyl (C=O) groups is 4. The Hall–Kier alpha value is -3.48. The molecule has 0 aromatic heterocycles. The molecule has 2 aliphatic rings. The highest BCUT2D eigenvalue weighted by atomic mass is 19.3. The molecule has 1 aromatic carbocycles. The van der Waals surface area contributed by atoms with E-state index in [2.05, 4.69) is 5.32 Å². The van der Waals surface area contributed by atoms with E-state index in [0.29, 0.717) is 41.8 Å². The number of piperidine rings is 1. The van der Waals surface area contributed by atoms with Gasteiger partial charge in [0, 0.05) is 43.9 Å². The van der Waals surface area contributed by atoms with Gasteiger partial charge >= 0.3 is 12.5 Å². The maximum Gasteiger partial charge on any atom is 0.410 e. The number of aliphatic hydroxyl groups is 1. The van der Waals surface area contributed by atoms with Gasteiger partial charge in [0.25, 0.3) is 17.7 Å². The summed E-state index contributed by atoms with van der Waals surface area (Å²) >= 11 is 0. The first kappa shape index (κ1) is 35.0. The second kappa shape index (κ2) is 13.7. The van der Waals surface area contributed by atoms with Crippen LogP contribution in [-0.2, 0) is 14.3 Å². The van der Waals surface area contributed by atoms with Gasteiger partial charge in [-0.25, -0.2) is 4.79 Å². The Bertz CT molecular complexity index is 1250. The number of fused-ring (bicyclic) bond motifs is 1. The Morgan fingerprint density at radius 1 is 1.20 bits per heavy atom. The summed E-state index contributed by atoms with van der Waals surface area (Å²) in [5.41, 5.74) is -0.769. The smallest absolute Gasteiger partial charge is 0.410 e. The Balaban J connectivity index is 1.95. The molecule has 2 aliphatic heterocycles. The molecule has 1 aromatic rings. The number of benzene rings is 1. The molecule has 0 spiro atoms. The number of anilines is 1. The standard InChI is InChI=1S/C31H46F2N4O7/c1-18(2)37(21-10-9-20(11-14-38)36(17-21)29(42)44-30(4,5)6)27(40)22-16-23-24(15-19(22)3)43-31(7,8)28(41)35(23)13-12-34-26(39)25(32)33/h15-16,18,20-21,25,38H,9-14,17H2,1-8H3,(H,34,39)/t20-,21-/m1/s1. The first-order valence-corrected chi connectivity index (χ1v) is 15.0. The second-order valence-corrected chi connectivity index (χ2v) is 13.1. The molecule has 0 bridgehead atoms. The van der Waals surface area contributed by atoms with Gasteiger partial charge in [0.1, 0.15) is 11.4 Å². The molecular weight excluding hydrogens is 578 g/mol. The van der Waals surface area contributed by atoms with Crippen LogP contribution in [0.2, 0.25) is 0 Å². The molecule has 1 fully saturated rings. The predicted octanol–water partition coefficient (Wildman–Crippen LogP) is 3.88. The zero-order valence-electron chi connectivity index (χ0n) is 26.9. The van der Waals surface area contributed by atoms with Gasteiger partial charge in [-0.05, 0) is 92.3 Å². The summed E-state index contributed by atoms with van der Waals surface area (Å²) in [6, 6.07) is 2.40. The number of halogens is 2. The van der Waals surface area contributed by atoms with Crippen LogP contribution < -0.4 is 15.0 Å². The first-order chi connectivity index (χ1) is 20.4. The van der Waals surface area contributed by atoms with E-state index in [9.17, 15) is 33.1 Å². The van der Waals surface area contributed by atoms with E-state index in [-0.39, 0.29) is 50.3 Å². The number of nitrogens with zero attached hydrogens (tertiary/aromatic N) is 3. The van der Waals surface area contributed by atoms with E-state index in [0.717, 1.165) is 0 Å². The van der Waals surface area contributed by atoms with Crippen molar-refractivity contribution < 1.29 is 42.5 Å². The van der Waals surface area contributed by atoms with Crippen LogP contribution in [0.1, 0.15) is 83.7 Å². The minimum atomic E-state index is -3.18. The van der Waals surface area contributed by atoms with Crippen LogP contribution in [-0.4, -0.2) is 101 Å². The third-order valence-electron chi connectivity index (χ3n) is 7.74. The highest BCUT2D eigenvalue weighted by Crippen LogP contribution is 2.40. The fourth-order valence-corrected chi connectivity index (χ4v) is 5.73. The molecule has 11 nitrogen and oxygen atoms in total. The van der Waals surface area contributed by atoms with E-state index >= 15 is 0 Å². The number of carbonyl (C=O) groups excluding carboxylic acids is 4. The zero-order valence-corrected chi connectivity index (χ0v) is 26.9. The highest BCUT2D eigenvalue weighted by molar-refractivity contribution is 6.05. The molecule has 2 N–H and O–H groups in total. The van der Waals surface area contributed by atoms with E-state index in [1.165, 1.54) is 4.90 Å². The maximum atomic E-state index is 14.3. The van der Waals surface area contributed by atoms with E-state index < -0.39 is 35.5 Å². The lowest BCUT2D eigenvalue weighted by atomic mass is 9.93. The largest absolute Gasteiger partial charge is 0.476 e. The predicted molar refractivity (Wildman–Crippen MR) is 160 cm³/mol. The van der Waals surface area contributed by atoms with Gasteiger partial charge in [-0.2, -0.15) is 8.78 Å². The zero-order chi connectivity index (χ0) is 33.1. The van der Waals surface area contributed by atoms with Crippen LogP contribution in [0.25, 0.3) is 0 Å². The average Bonchev–Trinajstić information content (AvgIpc) is 2.90.